The van der Waals surface area contributed by atoms with E-state index in [1.165, 1.54) is 12.1 Å². The van der Waals surface area contributed by atoms with E-state index in [0.29, 0.717) is 19.8 Å². The van der Waals surface area contributed by atoms with Crippen LogP contribution >= 0.6 is 0 Å². The van der Waals surface area contributed by atoms with E-state index in [4.69, 9.17) is 4.74 Å². The lowest BCUT2D eigenvalue weighted by Crippen LogP contribution is -2.44. The van der Waals surface area contributed by atoms with Crippen molar-refractivity contribution >= 4 is 5.91 Å². The van der Waals surface area contributed by atoms with Crippen molar-refractivity contribution in [1.29, 1.82) is 0 Å². The Morgan fingerprint density at radius 1 is 1.28 bits per heavy atom. The molecule has 0 N–H and O–H groups in total. The highest BCUT2D eigenvalue weighted by Gasteiger charge is 2.33. The summed E-state index contributed by atoms with van der Waals surface area (Å²) in [6, 6.07) is 8.57. The summed E-state index contributed by atoms with van der Waals surface area (Å²) in [4.78, 5) is 14.5. The van der Waals surface area contributed by atoms with E-state index in [1.807, 2.05) is 29.9 Å². The van der Waals surface area contributed by atoms with Crippen LogP contribution in [0.5, 0.6) is 5.75 Å². The number of alkyl halides is 3. The molecule has 25 heavy (non-hydrogen) atoms. The Kier molecular flexibility index (Phi) is 4.71. The van der Waals surface area contributed by atoms with Crippen LogP contribution in [-0.2, 0) is 11.8 Å². The maximum Gasteiger partial charge on any atom is 0.573 e. The van der Waals surface area contributed by atoms with Crippen LogP contribution in [0.25, 0.3) is 0 Å². The van der Waals surface area contributed by atoms with Crippen LogP contribution in [0.4, 0.5) is 13.2 Å². The molecule has 0 saturated carbocycles. The summed E-state index contributed by atoms with van der Waals surface area (Å²) in [5.41, 5.74) is 1.04. The number of morpholine rings is 1. The molecule has 1 aliphatic heterocycles. The number of carbonyl (C=O) groups is 1. The summed E-state index contributed by atoms with van der Waals surface area (Å²) in [7, 11) is 1.87. The highest BCUT2D eigenvalue weighted by molar-refractivity contribution is 5.95. The Bertz CT molecular complexity index is 758. The SMILES string of the molecule is Cn1cccc1[C@H]1COCCN1C(=O)c1cccc(OC(F)(F)F)c1. The fourth-order valence-corrected chi connectivity index (χ4v) is 2.90. The quantitative estimate of drug-likeness (QED) is 0.851. The van der Waals surface area contributed by atoms with Crippen LogP contribution in [-0.4, -0.2) is 41.5 Å². The van der Waals surface area contributed by atoms with Crippen molar-refractivity contribution in [2.45, 2.75) is 12.4 Å². The third kappa shape index (κ3) is 3.96. The molecule has 0 unspecified atom stereocenters. The molecule has 0 bridgehead atoms. The highest BCUT2D eigenvalue weighted by Crippen LogP contribution is 2.28. The first-order valence-corrected chi connectivity index (χ1v) is 7.71. The maximum absolute atomic E-state index is 12.9. The van der Waals surface area contributed by atoms with Crippen LogP contribution in [0.15, 0.2) is 42.6 Å². The van der Waals surface area contributed by atoms with Gasteiger partial charge in [0, 0.05) is 31.0 Å². The number of amides is 1. The minimum atomic E-state index is -4.80. The first kappa shape index (κ1) is 17.3. The lowest BCUT2D eigenvalue weighted by atomic mass is 10.1. The van der Waals surface area contributed by atoms with Gasteiger partial charge < -0.3 is 18.9 Å². The van der Waals surface area contributed by atoms with Crippen molar-refractivity contribution in [3.8, 4) is 5.75 Å². The Labute approximate surface area is 142 Å². The number of ether oxygens (including phenoxy) is 2. The van der Waals surface area contributed by atoms with Gasteiger partial charge in [-0.1, -0.05) is 6.07 Å². The Morgan fingerprint density at radius 3 is 2.76 bits per heavy atom. The van der Waals surface area contributed by atoms with Gasteiger partial charge in [0.1, 0.15) is 5.75 Å². The van der Waals surface area contributed by atoms with Gasteiger partial charge in [-0.3, -0.25) is 4.79 Å². The molecule has 1 aliphatic rings. The fourth-order valence-electron chi connectivity index (χ4n) is 2.90. The van der Waals surface area contributed by atoms with Crippen LogP contribution in [0.2, 0.25) is 0 Å². The number of halogens is 3. The molecule has 8 heteroatoms. The first-order valence-electron chi connectivity index (χ1n) is 7.71. The van der Waals surface area contributed by atoms with Crippen molar-refractivity contribution < 1.29 is 27.4 Å². The monoisotopic (exact) mass is 354 g/mol. The first-order chi connectivity index (χ1) is 11.8. The number of aryl methyl sites for hydroxylation is 1. The van der Waals surface area contributed by atoms with E-state index in [9.17, 15) is 18.0 Å². The van der Waals surface area contributed by atoms with Gasteiger partial charge in [0.25, 0.3) is 5.91 Å². The normalized spacial score (nSPS) is 18.2. The molecule has 1 aromatic carbocycles. The molecule has 5 nitrogen and oxygen atoms in total. The Morgan fingerprint density at radius 2 is 2.08 bits per heavy atom. The van der Waals surface area contributed by atoms with Crippen LogP contribution in [0.3, 0.4) is 0 Å². The molecule has 1 aromatic heterocycles. The molecule has 0 radical (unpaired) electrons. The number of hydrogen-bond donors (Lipinski definition) is 0. The third-order valence-corrected chi connectivity index (χ3v) is 4.03. The minimum absolute atomic E-state index is 0.142. The second-order valence-electron chi connectivity index (χ2n) is 5.71. The van der Waals surface area contributed by atoms with Crippen molar-refractivity contribution in [3.05, 3.63) is 53.9 Å². The van der Waals surface area contributed by atoms with E-state index in [1.54, 1.807) is 4.90 Å². The van der Waals surface area contributed by atoms with Gasteiger partial charge in [-0.2, -0.15) is 0 Å². The average molecular weight is 354 g/mol. The summed E-state index contributed by atoms with van der Waals surface area (Å²) >= 11 is 0. The second kappa shape index (κ2) is 6.79. The maximum atomic E-state index is 12.9. The van der Waals surface area contributed by atoms with Crippen molar-refractivity contribution in [3.63, 3.8) is 0 Å². The second-order valence-corrected chi connectivity index (χ2v) is 5.71. The zero-order valence-electron chi connectivity index (χ0n) is 13.5. The van der Waals surface area contributed by atoms with E-state index in [0.717, 1.165) is 17.8 Å². The fraction of sp³-hybridized carbons (Fsp3) is 0.353. The number of rotatable bonds is 3. The molecular weight excluding hydrogens is 337 g/mol. The van der Waals surface area contributed by atoms with Gasteiger partial charge in [-0.05, 0) is 30.3 Å². The predicted molar refractivity (Wildman–Crippen MR) is 83.1 cm³/mol. The molecule has 3 rings (SSSR count). The van der Waals surface area contributed by atoms with E-state index in [-0.39, 0.29) is 17.5 Å². The number of carbonyl (C=O) groups excluding carboxylic acids is 1. The molecular formula is C17H17F3N2O3. The summed E-state index contributed by atoms with van der Waals surface area (Å²) in [6.45, 7) is 1.08. The van der Waals surface area contributed by atoms with Crippen molar-refractivity contribution in [1.82, 2.24) is 9.47 Å². The van der Waals surface area contributed by atoms with Crippen LogP contribution in [0.1, 0.15) is 22.1 Å². The molecule has 1 fully saturated rings. The van der Waals surface area contributed by atoms with Gasteiger partial charge in [-0.15, -0.1) is 13.2 Å². The minimum Gasteiger partial charge on any atom is -0.406 e. The summed E-state index contributed by atoms with van der Waals surface area (Å²) in [6.07, 6.45) is -2.93. The number of benzene rings is 1. The molecule has 1 atom stereocenters. The number of hydrogen-bond acceptors (Lipinski definition) is 3. The molecule has 2 heterocycles. The van der Waals surface area contributed by atoms with Gasteiger partial charge in [0.05, 0.1) is 19.3 Å². The Balaban J connectivity index is 1.86. The Hall–Kier alpha value is -2.48. The van der Waals surface area contributed by atoms with Gasteiger partial charge in [0.2, 0.25) is 0 Å². The number of aromatic nitrogens is 1. The van der Waals surface area contributed by atoms with Crippen LogP contribution < -0.4 is 4.74 Å². The molecule has 0 aliphatic carbocycles. The molecule has 0 spiro atoms. The standard InChI is InChI=1S/C17H17F3N2O3/c1-21-7-3-6-14(21)15-11-24-9-8-22(15)16(23)12-4-2-5-13(10-12)25-17(18,19)20/h2-7,10,15H,8-9,11H2,1H3/t15-/m1/s1. The summed E-state index contributed by atoms with van der Waals surface area (Å²) in [5.74, 6) is -0.774. The zero-order valence-corrected chi connectivity index (χ0v) is 13.5. The zero-order chi connectivity index (χ0) is 18.0. The summed E-state index contributed by atoms with van der Waals surface area (Å²) < 4.78 is 48.4. The highest BCUT2D eigenvalue weighted by atomic mass is 19.4. The number of nitrogens with zero attached hydrogens (tertiary/aromatic N) is 2. The average Bonchev–Trinajstić information content (AvgIpc) is 2.99. The lowest BCUT2D eigenvalue weighted by molar-refractivity contribution is -0.274. The van der Waals surface area contributed by atoms with E-state index in [2.05, 4.69) is 4.74 Å². The lowest BCUT2D eigenvalue weighted by Gasteiger charge is -2.36. The van der Waals surface area contributed by atoms with E-state index < -0.39 is 12.1 Å². The van der Waals surface area contributed by atoms with Crippen molar-refractivity contribution in [2.24, 2.45) is 7.05 Å². The third-order valence-electron chi connectivity index (χ3n) is 4.03. The topological polar surface area (TPSA) is 43.7 Å². The molecule has 134 valence electrons. The predicted octanol–water partition coefficient (Wildman–Crippen LogP) is 3.14. The molecule has 1 saturated heterocycles. The van der Waals surface area contributed by atoms with Gasteiger partial charge >= 0.3 is 6.36 Å². The largest absolute Gasteiger partial charge is 0.573 e. The van der Waals surface area contributed by atoms with Gasteiger partial charge in [-0.25, -0.2) is 0 Å². The van der Waals surface area contributed by atoms with Crippen molar-refractivity contribution in [2.75, 3.05) is 19.8 Å². The molecule has 1 amide bonds. The van der Waals surface area contributed by atoms with Crippen LogP contribution in [0, 0.1) is 0 Å². The summed E-state index contributed by atoms with van der Waals surface area (Å²) in [5, 5.41) is 0. The smallest absolute Gasteiger partial charge is 0.406 e. The molecule has 2 aromatic rings. The van der Waals surface area contributed by atoms with Gasteiger partial charge in [0.15, 0.2) is 0 Å². The van der Waals surface area contributed by atoms with E-state index >= 15 is 0 Å².